The van der Waals surface area contributed by atoms with E-state index in [9.17, 15) is 9.18 Å². The van der Waals surface area contributed by atoms with Gasteiger partial charge in [-0.3, -0.25) is 4.79 Å². The highest BCUT2D eigenvalue weighted by Crippen LogP contribution is 2.17. The second-order valence-corrected chi connectivity index (χ2v) is 4.63. The molecular formula is C15H16FNO2. The Morgan fingerprint density at radius 3 is 2.58 bits per heavy atom. The van der Waals surface area contributed by atoms with E-state index in [1.165, 1.54) is 12.1 Å². The Hall–Kier alpha value is -2.10. The van der Waals surface area contributed by atoms with E-state index in [1.807, 2.05) is 13.0 Å². The first kappa shape index (κ1) is 13.3. The number of aryl methyl sites for hydroxylation is 2. The number of furan rings is 1. The highest BCUT2D eigenvalue weighted by molar-refractivity contribution is 5.94. The largest absolute Gasteiger partial charge is 0.464 e. The van der Waals surface area contributed by atoms with Gasteiger partial charge in [-0.25, -0.2) is 4.39 Å². The minimum atomic E-state index is -0.514. The molecule has 19 heavy (non-hydrogen) atoms. The van der Waals surface area contributed by atoms with Crippen LogP contribution in [0.15, 0.2) is 34.7 Å². The molecule has 0 aliphatic heterocycles. The Kier molecular flexibility index (Phi) is 3.69. The normalized spacial score (nSPS) is 12.2. The summed E-state index contributed by atoms with van der Waals surface area (Å²) in [6.45, 7) is 5.40. The molecule has 0 aliphatic rings. The number of amides is 1. The van der Waals surface area contributed by atoms with Gasteiger partial charge >= 0.3 is 0 Å². The summed E-state index contributed by atoms with van der Waals surface area (Å²) in [5.74, 6) is 0.468. The predicted molar refractivity (Wildman–Crippen MR) is 70.5 cm³/mol. The van der Waals surface area contributed by atoms with Crippen molar-refractivity contribution in [1.82, 2.24) is 5.32 Å². The second kappa shape index (κ2) is 5.26. The molecule has 0 fully saturated rings. The fraction of sp³-hybridized carbons (Fsp3) is 0.267. The Morgan fingerprint density at radius 2 is 2.00 bits per heavy atom. The zero-order chi connectivity index (χ0) is 14.0. The van der Waals surface area contributed by atoms with Crippen molar-refractivity contribution in [2.24, 2.45) is 0 Å². The molecule has 1 N–H and O–H groups in total. The monoisotopic (exact) mass is 261 g/mol. The first-order valence-corrected chi connectivity index (χ1v) is 6.10. The summed E-state index contributed by atoms with van der Waals surface area (Å²) >= 11 is 0. The number of hydrogen-bond donors (Lipinski definition) is 1. The van der Waals surface area contributed by atoms with Crippen molar-refractivity contribution < 1.29 is 13.6 Å². The molecule has 1 unspecified atom stereocenters. The molecule has 1 atom stereocenters. The van der Waals surface area contributed by atoms with Crippen LogP contribution in [0, 0.1) is 19.7 Å². The van der Waals surface area contributed by atoms with Gasteiger partial charge in [0.15, 0.2) is 0 Å². The summed E-state index contributed by atoms with van der Waals surface area (Å²) in [6.07, 6.45) is 0. The molecule has 1 heterocycles. The van der Waals surface area contributed by atoms with Crippen LogP contribution in [0.5, 0.6) is 0 Å². The number of benzene rings is 1. The molecule has 2 rings (SSSR count). The minimum Gasteiger partial charge on any atom is -0.464 e. The van der Waals surface area contributed by atoms with Crippen LogP contribution in [-0.2, 0) is 0 Å². The maximum absolute atomic E-state index is 13.7. The van der Waals surface area contributed by atoms with Gasteiger partial charge in [0.2, 0.25) is 0 Å². The van der Waals surface area contributed by atoms with E-state index >= 15 is 0 Å². The van der Waals surface area contributed by atoms with E-state index in [2.05, 4.69) is 5.32 Å². The molecular weight excluding hydrogens is 245 g/mol. The van der Waals surface area contributed by atoms with Crippen molar-refractivity contribution in [3.63, 3.8) is 0 Å². The molecule has 0 saturated carbocycles. The number of rotatable bonds is 3. The third kappa shape index (κ3) is 3.02. The molecule has 0 radical (unpaired) electrons. The molecule has 0 aliphatic carbocycles. The Morgan fingerprint density at radius 1 is 1.26 bits per heavy atom. The predicted octanol–water partition coefficient (Wildman–Crippen LogP) is 3.53. The van der Waals surface area contributed by atoms with Crippen LogP contribution in [0.2, 0.25) is 0 Å². The van der Waals surface area contributed by atoms with Gasteiger partial charge in [-0.15, -0.1) is 0 Å². The van der Waals surface area contributed by atoms with Crippen LogP contribution in [0.1, 0.15) is 40.4 Å². The second-order valence-electron chi connectivity index (χ2n) is 4.63. The lowest BCUT2D eigenvalue weighted by Gasteiger charge is -2.12. The van der Waals surface area contributed by atoms with E-state index in [1.54, 1.807) is 26.0 Å². The van der Waals surface area contributed by atoms with Crippen molar-refractivity contribution in [3.05, 3.63) is 58.8 Å². The van der Waals surface area contributed by atoms with E-state index in [4.69, 9.17) is 4.42 Å². The summed E-state index contributed by atoms with van der Waals surface area (Å²) in [4.78, 5) is 12.0. The molecule has 0 spiro atoms. The van der Waals surface area contributed by atoms with E-state index < -0.39 is 11.7 Å². The maximum Gasteiger partial charge on any atom is 0.254 e. The molecule has 4 heteroatoms. The SMILES string of the molecule is Cc1ccc(C(=O)NC(C)c2ccc(C)o2)c(F)c1. The number of carbonyl (C=O) groups excluding carboxylic acids is 1. The van der Waals surface area contributed by atoms with Gasteiger partial charge in [0, 0.05) is 0 Å². The van der Waals surface area contributed by atoms with Crippen LogP contribution >= 0.6 is 0 Å². The summed E-state index contributed by atoms with van der Waals surface area (Å²) in [5, 5.41) is 2.71. The van der Waals surface area contributed by atoms with Crippen LogP contribution in [0.3, 0.4) is 0 Å². The van der Waals surface area contributed by atoms with Crippen LogP contribution in [0.25, 0.3) is 0 Å². The highest BCUT2D eigenvalue weighted by atomic mass is 19.1. The Labute approximate surface area is 111 Å². The average Bonchev–Trinajstić information content (AvgIpc) is 2.75. The topological polar surface area (TPSA) is 42.2 Å². The maximum atomic E-state index is 13.7. The lowest BCUT2D eigenvalue weighted by atomic mass is 10.1. The van der Waals surface area contributed by atoms with Crippen molar-refractivity contribution in [3.8, 4) is 0 Å². The molecule has 1 aromatic heterocycles. The van der Waals surface area contributed by atoms with E-state index in [0.29, 0.717) is 5.76 Å². The molecule has 3 nitrogen and oxygen atoms in total. The third-order valence-corrected chi connectivity index (χ3v) is 2.90. The van der Waals surface area contributed by atoms with Gasteiger partial charge in [-0.2, -0.15) is 0 Å². The van der Waals surface area contributed by atoms with Gasteiger partial charge in [0.05, 0.1) is 11.6 Å². The fourth-order valence-electron chi connectivity index (χ4n) is 1.84. The highest BCUT2D eigenvalue weighted by Gasteiger charge is 2.16. The van der Waals surface area contributed by atoms with Gasteiger partial charge < -0.3 is 9.73 Å². The van der Waals surface area contributed by atoms with Crippen LogP contribution in [0.4, 0.5) is 4.39 Å². The van der Waals surface area contributed by atoms with Gasteiger partial charge in [-0.1, -0.05) is 6.07 Å². The number of hydrogen-bond acceptors (Lipinski definition) is 2. The first-order valence-electron chi connectivity index (χ1n) is 6.10. The van der Waals surface area contributed by atoms with Crippen molar-refractivity contribution in [1.29, 1.82) is 0 Å². The standard InChI is InChI=1S/C15H16FNO2/c1-9-4-6-12(13(16)8-9)15(18)17-11(3)14-7-5-10(2)19-14/h4-8,11H,1-3H3,(H,17,18). The zero-order valence-corrected chi connectivity index (χ0v) is 11.2. The quantitative estimate of drug-likeness (QED) is 0.918. The lowest BCUT2D eigenvalue weighted by molar-refractivity contribution is 0.0931. The number of halogens is 1. The van der Waals surface area contributed by atoms with Gasteiger partial charge in [0.25, 0.3) is 5.91 Å². The molecule has 1 aromatic carbocycles. The molecule has 2 aromatic rings. The Balaban J connectivity index is 2.12. The molecule has 1 amide bonds. The number of nitrogens with one attached hydrogen (secondary N) is 1. The average molecular weight is 261 g/mol. The molecule has 100 valence electrons. The zero-order valence-electron chi connectivity index (χ0n) is 11.2. The molecule has 0 saturated heterocycles. The van der Waals surface area contributed by atoms with E-state index in [0.717, 1.165) is 11.3 Å². The summed E-state index contributed by atoms with van der Waals surface area (Å²) in [5.41, 5.74) is 0.824. The van der Waals surface area contributed by atoms with Crippen LogP contribution < -0.4 is 5.32 Å². The number of carbonyl (C=O) groups is 1. The summed E-state index contributed by atoms with van der Waals surface area (Å²) in [7, 11) is 0. The first-order chi connectivity index (χ1) is 8.97. The smallest absolute Gasteiger partial charge is 0.254 e. The summed E-state index contributed by atoms with van der Waals surface area (Å²) in [6, 6.07) is 7.86. The summed E-state index contributed by atoms with van der Waals surface area (Å²) < 4.78 is 19.1. The lowest BCUT2D eigenvalue weighted by Crippen LogP contribution is -2.27. The van der Waals surface area contributed by atoms with E-state index in [-0.39, 0.29) is 11.6 Å². The minimum absolute atomic E-state index is 0.0423. The van der Waals surface area contributed by atoms with Crippen molar-refractivity contribution >= 4 is 5.91 Å². The van der Waals surface area contributed by atoms with Crippen molar-refractivity contribution in [2.45, 2.75) is 26.8 Å². The fourth-order valence-corrected chi connectivity index (χ4v) is 1.84. The van der Waals surface area contributed by atoms with Crippen molar-refractivity contribution in [2.75, 3.05) is 0 Å². The molecule has 0 bridgehead atoms. The van der Waals surface area contributed by atoms with Gasteiger partial charge in [-0.05, 0) is 50.6 Å². The van der Waals surface area contributed by atoms with Crippen LogP contribution in [-0.4, -0.2) is 5.91 Å². The Bertz CT molecular complexity index is 604. The van der Waals surface area contributed by atoms with Gasteiger partial charge in [0.1, 0.15) is 17.3 Å². The third-order valence-electron chi connectivity index (χ3n) is 2.90.